The second kappa shape index (κ2) is 4.76. The minimum atomic E-state index is -1.66. The number of hydrogen-bond acceptors (Lipinski definition) is 3. The molecule has 5 heteroatoms. The van der Waals surface area contributed by atoms with E-state index in [-0.39, 0.29) is 6.41 Å². The number of nitrogens with one attached hydrogen (secondary N) is 1. The maximum atomic E-state index is 10.9. The Morgan fingerprint density at radius 1 is 1.44 bits per heavy atom. The van der Waals surface area contributed by atoms with Gasteiger partial charge in [0.05, 0.1) is 0 Å². The lowest BCUT2D eigenvalue weighted by molar-refractivity contribution is -0.148. The van der Waals surface area contributed by atoms with Crippen LogP contribution in [0.1, 0.15) is 12.5 Å². The first kappa shape index (κ1) is 12.2. The van der Waals surface area contributed by atoms with Crippen LogP contribution in [-0.2, 0) is 15.2 Å². The fraction of sp³-hybridized carbons (Fsp3) is 0.273. The van der Waals surface area contributed by atoms with Gasteiger partial charge in [-0.2, -0.15) is 0 Å². The molecule has 0 aliphatic rings. The topological polar surface area (TPSA) is 86.6 Å². The SMILES string of the molecule is C[C@](O)(c1ccccc1)[C@H](NC=O)C(=O)O. The van der Waals surface area contributed by atoms with Gasteiger partial charge in [-0.3, -0.25) is 4.79 Å². The van der Waals surface area contributed by atoms with E-state index in [2.05, 4.69) is 5.32 Å². The van der Waals surface area contributed by atoms with Crippen LogP contribution in [0, 0.1) is 0 Å². The van der Waals surface area contributed by atoms with Crippen molar-refractivity contribution >= 4 is 12.4 Å². The standard InChI is InChI=1S/C11H13NO4/c1-11(16,8-5-3-2-4-6-8)9(10(14)15)12-7-13/h2-7,9,16H,1H3,(H,12,13)(H,14,15)/t9-,11+/m1/s1. The fourth-order valence-corrected chi connectivity index (χ4v) is 1.48. The van der Waals surface area contributed by atoms with Crippen LogP contribution in [-0.4, -0.2) is 28.6 Å². The average Bonchev–Trinajstić information content (AvgIpc) is 2.26. The second-order valence-electron chi connectivity index (χ2n) is 3.57. The summed E-state index contributed by atoms with van der Waals surface area (Å²) in [5.41, 5.74) is -1.23. The van der Waals surface area contributed by atoms with Crippen molar-refractivity contribution in [2.45, 2.75) is 18.6 Å². The maximum Gasteiger partial charge on any atom is 0.329 e. The van der Waals surface area contributed by atoms with E-state index in [1.165, 1.54) is 6.92 Å². The molecular formula is C11H13NO4. The third-order valence-corrected chi connectivity index (χ3v) is 2.40. The molecule has 0 aliphatic carbocycles. The number of carboxylic acids is 1. The molecule has 1 rings (SSSR count). The summed E-state index contributed by atoms with van der Waals surface area (Å²) >= 11 is 0. The van der Waals surface area contributed by atoms with E-state index < -0.39 is 17.6 Å². The predicted octanol–water partition coefficient (Wildman–Crippen LogP) is 0.0933. The van der Waals surface area contributed by atoms with Crippen LogP contribution in [0.4, 0.5) is 0 Å². The van der Waals surface area contributed by atoms with Gasteiger partial charge in [0.15, 0.2) is 6.04 Å². The maximum absolute atomic E-state index is 10.9. The summed E-state index contributed by atoms with van der Waals surface area (Å²) in [5, 5.41) is 21.2. The second-order valence-corrected chi connectivity index (χ2v) is 3.57. The predicted molar refractivity (Wildman–Crippen MR) is 56.6 cm³/mol. The minimum absolute atomic E-state index is 0.260. The Balaban J connectivity index is 3.07. The summed E-state index contributed by atoms with van der Waals surface area (Å²) in [4.78, 5) is 21.2. The lowest BCUT2D eigenvalue weighted by atomic mass is 9.88. The number of amides is 1. The molecule has 0 saturated heterocycles. The van der Waals surface area contributed by atoms with Gasteiger partial charge in [0.1, 0.15) is 5.60 Å². The molecule has 86 valence electrons. The zero-order chi connectivity index (χ0) is 12.2. The van der Waals surface area contributed by atoms with E-state index >= 15 is 0 Å². The van der Waals surface area contributed by atoms with Gasteiger partial charge >= 0.3 is 5.97 Å². The summed E-state index contributed by atoms with van der Waals surface area (Å²) in [7, 11) is 0. The third-order valence-electron chi connectivity index (χ3n) is 2.40. The number of aliphatic hydroxyl groups is 1. The largest absolute Gasteiger partial charge is 0.480 e. The van der Waals surface area contributed by atoms with Gasteiger partial charge in [-0.05, 0) is 12.5 Å². The van der Waals surface area contributed by atoms with Gasteiger partial charge < -0.3 is 15.5 Å². The summed E-state index contributed by atoms with van der Waals surface area (Å²) in [5.74, 6) is -1.29. The number of benzene rings is 1. The van der Waals surface area contributed by atoms with Crippen LogP contribution in [0.5, 0.6) is 0 Å². The quantitative estimate of drug-likeness (QED) is 0.617. The van der Waals surface area contributed by atoms with Crippen molar-refractivity contribution in [3.05, 3.63) is 35.9 Å². The first-order chi connectivity index (χ1) is 7.50. The lowest BCUT2D eigenvalue weighted by Crippen LogP contribution is -2.51. The molecule has 0 aliphatic heterocycles. The van der Waals surface area contributed by atoms with Crippen molar-refractivity contribution in [2.24, 2.45) is 0 Å². The van der Waals surface area contributed by atoms with Crippen LogP contribution in [0.15, 0.2) is 30.3 Å². The van der Waals surface area contributed by atoms with Crippen molar-refractivity contribution < 1.29 is 19.8 Å². The summed E-state index contributed by atoms with van der Waals surface area (Å²) in [6.45, 7) is 1.34. The van der Waals surface area contributed by atoms with Crippen molar-refractivity contribution in [3.8, 4) is 0 Å². The Labute approximate surface area is 92.7 Å². The Hall–Kier alpha value is -1.88. The smallest absolute Gasteiger partial charge is 0.329 e. The zero-order valence-corrected chi connectivity index (χ0v) is 8.75. The molecule has 0 radical (unpaired) electrons. The molecule has 0 aromatic heterocycles. The van der Waals surface area contributed by atoms with Crippen molar-refractivity contribution in [3.63, 3.8) is 0 Å². The Bertz CT molecular complexity index is 375. The van der Waals surface area contributed by atoms with E-state index in [4.69, 9.17) is 5.11 Å². The monoisotopic (exact) mass is 223 g/mol. The number of carboxylic acid groups (broad SMARTS) is 1. The first-order valence-corrected chi connectivity index (χ1v) is 4.70. The molecule has 0 unspecified atom stereocenters. The lowest BCUT2D eigenvalue weighted by Gasteiger charge is -2.29. The third kappa shape index (κ3) is 2.38. The zero-order valence-electron chi connectivity index (χ0n) is 8.75. The Kier molecular flexibility index (Phi) is 3.63. The van der Waals surface area contributed by atoms with Gasteiger partial charge in [-0.1, -0.05) is 30.3 Å². The van der Waals surface area contributed by atoms with E-state index in [9.17, 15) is 14.7 Å². The number of carbonyl (C=O) groups is 2. The highest BCUT2D eigenvalue weighted by Crippen LogP contribution is 2.24. The van der Waals surface area contributed by atoms with Gasteiger partial charge in [0.2, 0.25) is 6.41 Å². The molecule has 2 atom stereocenters. The molecule has 0 bridgehead atoms. The molecule has 0 heterocycles. The van der Waals surface area contributed by atoms with Crippen LogP contribution < -0.4 is 5.32 Å². The van der Waals surface area contributed by atoms with Crippen molar-refractivity contribution in [2.75, 3.05) is 0 Å². The summed E-state index contributed by atoms with van der Waals surface area (Å²) < 4.78 is 0. The van der Waals surface area contributed by atoms with E-state index in [1.54, 1.807) is 30.3 Å². The summed E-state index contributed by atoms with van der Waals surface area (Å²) in [6, 6.07) is 6.94. The molecule has 1 aromatic rings. The van der Waals surface area contributed by atoms with Crippen LogP contribution >= 0.6 is 0 Å². The normalized spacial score (nSPS) is 15.9. The van der Waals surface area contributed by atoms with Gasteiger partial charge in [0.25, 0.3) is 0 Å². The Morgan fingerprint density at radius 3 is 2.44 bits per heavy atom. The Morgan fingerprint density at radius 2 is 2.00 bits per heavy atom. The molecular weight excluding hydrogens is 210 g/mol. The van der Waals surface area contributed by atoms with E-state index in [1.807, 2.05) is 0 Å². The summed E-state index contributed by atoms with van der Waals surface area (Å²) in [6.07, 6.45) is 0.260. The van der Waals surface area contributed by atoms with Gasteiger partial charge in [-0.15, -0.1) is 0 Å². The molecule has 5 nitrogen and oxygen atoms in total. The molecule has 0 fully saturated rings. The highest BCUT2D eigenvalue weighted by molar-refractivity contribution is 5.78. The number of carbonyl (C=O) groups excluding carboxylic acids is 1. The van der Waals surface area contributed by atoms with Gasteiger partial charge in [0, 0.05) is 0 Å². The molecule has 1 aromatic carbocycles. The molecule has 0 spiro atoms. The number of hydrogen-bond donors (Lipinski definition) is 3. The van der Waals surface area contributed by atoms with Crippen molar-refractivity contribution in [1.82, 2.24) is 5.32 Å². The molecule has 3 N–H and O–H groups in total. The number of rotatable bonds is 5. The van der Waals surface area contributed by atoms with E-state index in [0.29, 0.717) is 5.56 Å². The van der Waals surface area contributed by atoms with Crippen LogP contribution in [0.2, 0.25) is 0 Å². The van der Waals surface area contributed by atoms with Crippen LogP contribution in [0.25, 0.3) is 0 Å². The van der Waals surface area contributed by atoms with Gasteiger partial charge in [-0.25, -0.2) is 4.79 Å². The van der Waals surface area contributed by atoms with Crippen molar-refractivity contribution in [1.29, 1.82) is 0 Å². The first-order valence-electron chi connectivity index (χ1n) is 4.70. The van der Waals surface area contributed by atoms with E-state index in [0.717, 1.165) is 0 Å². The molecule has 0 saturated carbocycles. The highest BCUT2D eigenvalue weighted by Gasteiger charge is 2.38. The molecule has 1 amide bonds. The number of aliphatic carboxylic acids is 1. The fourth-order valence-electron chi connectivity index (χ4n) is 1.48. The highest BCUT2D eigenvalue weighted by atomic mass is 16.4. The van der Waals surface area contributed by atoms with Crippen LogP contribution in [0.3, 0.4) is 0 Å². The molecule has 16 heavy (non-hydrogen) atoms. The average molecular weight is 223 g/mol. The minimum Gasteiger partial charge on any atom is -0.480 e.